The molecule has 6 unspecified atom stereocenters. The van der Waals surface area contributed by atoms with Crippen LogP contribution in [0.5, 0.6) is 0 Å². The Morgan fingerprint density at radius 1 is 1.26 bits per heavy atom. The number of halogens is 4. The lowest BCUT2D eigenvalue weighted by Crippen LogP contribution is -2.47. The third kappa shape index (κ3) is 2.89. The molecule has 3 rings (SSSR count). The van der Waals surface area contributed by atoms with E-state index in [1.165, 1.54) is 0 Å². The first kappa shape index (κ1) is 20.2. The summed E-state index contributed by atoms with van der Waals surface area (Å²) in [5.74, 6) is -10.3. The van der Waals surface area contributed by atoms with Crippen molar-refractivity contribution < 1.29 is 59.7 Å². The van der Waals surface area contributed by atoms with Gasteiger partial charge in [0.15, 0.2) is 0 Å². The SMILES string of the molecule is O=C(OCCC(F)(F)C(F)(F)S(=O)(=O)O)C1C2CC3C(OC(=O)C31)C2OO. The van der Waals surface area contributed by atoms with Crippen molar-refractivity contribution in [3.8, 4) is 0 Å². The summed E-state index contributed by atoms with van der Waals surface area (Å²) in [4.78, 5) is 28.3. The van der Waals surface area contributed by atoms with E-state index in [0.29, 0.717) is 0 Å². The van der Waals surface area contributed by atoms with E-state index in [9.17, 15) is 35.6 Å². The van der Waals surface area contributed by atoms with Crippen molar-refractivity contribution in [2.24, 2.45) is 23.7 Å². The Morgan fingerprint density at radius 3 is 2.44 bits per heavy atom. The summed E-state index contributed by atoms with van der Waals surface area (Å²) in [6.45, 7) is -1.29. The Labute approximate surface area is 149 Å². The molecule has 2 bridgehead atoms. The molecule has 1 aliphatic heterocycles. The van der Waals surface area contributed by atoms with Crippen LogP contribution in [0.15, 0.2) is 0 Å². The molecule has 0 spiro atoms. The molecule has 2 saturated carbocycles. The standard InChI is InChI=1S/C13H14F4O9S/c14-12(15,13(16,17)27(21,22)23)1-2-24-10(18)6-5-3-4-7(6)11(19)25-8(4)9(5)26-20/h4-9,20H,1-3H2,(H,21,22,23). The third-order valence-corrected chi connectivity index (χ3v) is 6.30. The highest BCUT2D eigenvalue weighted by molar-refractivity contribution is 7.87. The number of alkyl halides is 4. The summed E-state index contributed by atoms with van der Waals surface area (Å²) < 4.78 is 91.6. The summed E-state index contributed by atoms with van der Waals surface area (Å²) in [6, 6.07) is 0. The molecule has 14 heteroatoms. The quantitative estimate of drug-likeness (QED) is 0.200. The Hall–Kier alpha value is -1.51. The number of hydrogen-bond acceptors (Lipinski definition) is 8. The number of rotatable bonds is 7. The number of carbonyl (C=O) groups excluding carboxylic acids is 2. The van der Waals surface area contributed by atoms with Crippen molar-refractivity contribution in [1.29, 1.82) is 0 Å². The molecule has 0 aromatic heterocycles. The first-order chi connectivity index (χ1) is 12.3. The maximum Gasteiger partial charge on any atom is 0.431 e. The summed E-state index contributed by atoms with van der Waals surface area (Å²) in [6.07, 6.45) is -3.34. The van der Waals surface area contributed by atoms with Crippen molar-refractivity contribution in [2.75, 3.05) is 6.61 Å². The fourth-order valence-electron chi connectivity index (χ4n) is 4.16. The molecule has 2 aliphatic carbocycles. The molecule has 0 radical (unpaired) electrons. The van der Waals surface area contributed by atoms with Crippen LogP contribution in [0.25, 0.3) is 0 Å². The second kappa shape index (κ2) is 6.25. The molecule has 27 heavy (non-hydrogen) atoms. The van der Waals surface area contributed by atoms with Gasteiger partial charge in [-0.05, 0) is 6.42 Å². The zero-order chi connectivity index (χ0) is 20.4. The van der Waals surface area contributed by atoms with Crippen molar-refractivity contribution in [1.82, 2.24) is 0 Å². The summed E-state index contributed by atoms with van der Waals surface area (Å²) >= 11 is 0. The molecule has 1 heterocycles. The molecule has 2 N–H and O–H groups in total. The van der Waals surface area contributed by atoms with E-state index in [2.05, 4.69) is 9.62 Å². The van der Waals surface area contributed by atoms with E-state index in [1.807, 2.05) is 0 Å². The molecule has 0 aromatic carbocycles. The van der Waals surface area contributed by atoms with Gasteiger partial charge in [0.2, 0.25) is 0 Å². The van der Waals surface area contributed by atoms with Crippen LogP contribution in [-0.2, 0) is 34.1 Å². The van der Waals surface area contributed by atoms with Crippen LogP contribution >= 0.6 is 0 Å². The van der Waals surface area contributed by atoms with Gasteiger partial charge >= 0.3 is 33.2 Å². The number of hydrogen-bond donors (Lipinski definition) is 2. The van der Waals surface area contributed by atoms with Gasteiger partial charge in [-0.15, -0.1) is 0 Å². The third-order valence-electron chi connectivity index (χ3n) is 5.35. The summed E-state index contributed by atoms with van der Waals surface area (Å²) in [7, 11) is -6.39. The predicted octanol–water partition coefficient (Wildman–Crippen LogP) is 0.701. The fourth-order valence-corrected chi connectivity index (χ4v) is 4.64. The van der Waals surface area contributed by atoms with E-state index in [0.717, 1.165) is 0 Å². The summed E-state index contributed by atoms with van der Waals surface area (Å²) in [5.41, 5.74) is 0. The number of esters is 2. The second-order valence-corrected chi connectivity index (χ2v) is 8.16. The molecule has 154 valence electrons. The molecule has 9 nitrogen and oxygen atoms in total. The Balaban J connectivity index is 1.64. The van der Waals surface area contributed by atoms with Crippen LogP contribution in [0.1, 0.15) is 12.8 Å². The lowest BCUT2D eigenvalue weighted by atomic mass is 9.78. The number of carbonyl (C=O) groups is 2. The molecule has 6 atom stereocenters. The highest BCUT2D eigenvalue weighted by atomic mass is 32.2. The van der Waals surface area contributed by atoms with Gasteiger partial charge in [-0.25, -0.2) is 4.89 Å². The summed E-state index contributed by atoms with van der Waals surface area (Å²) in [5, 5.41) is 3.17. The maximum absolute atomic E-state index is 13.4. The van der Waals surface area contributed by atoms with Crippen LogP contribution in [0.2, 0.25) is 0 Å². The van der Waals surface area contributed by atoms with Gasteiger partial charge in [-0.3, -0.25) is 19.4 Å². The lowest BCUT2D eigenvalue weighted by molar-refractivity contribution is -0.305. The molecule has 1 saturated heterocycles. The number of fused-ring (bicyclic) bond motifs is 1. The largest absolute Gasteiger partial charge is 0.465 e. The predicted molar refractivity (Wildman–Crippen MR) is 73.0 cm³/mol. The van der Waals surface area contributed by atoms with Crippen molar-refractivity contribution in [2.45, 2.75) is 36.2 Å². The van der Waals surface area contributed by atoms with Gasteiger partial charge in [0.25, 0.3) is 0 Å². The highest BCUT2D eigenvalue weighted by Crippen LogP contribution is 2.58. The molecular weight excluding hydrogens is 408 g/mol. The zero-order valence-corrected chi connectivity index (χ0v) is 14.1. The average Bonchev–Trinajstić information content (AvgIpc) is 3.14. The van der Waals surface area contributed by atoms with E-state index < -0.39 is 82.1 Å². The molecule has 0 aromatic rings. The van der Waals surface area contributed by atoms with Gasteiger partial charge in [0.1, 0.15) is 12.2 Å². The van der Waals surface area contributed by atoms with Crippen molar-refractivity contribution >= 4 is 22.1 Å². The van der Waals surface area contributed by atoms with E-state index in [4.69, 9.17) is 14.5 Å². The van der Waals surface area contributed by atoms with E-state index in [1.54, 1.807) is 0 Å². The molecule has 0 amide bonds. The first-order valence-electron chi connectivity index (χ1n) is 7.73. The van der Waals surface area contributed by atoms with E-state index >= 15 is 0 Å². The highest BCUT2D eigenvalue weighted by Gasteiger charge is 2.70. The second-order valence-electron chi connectivity index (χ2n) is 6.70. The van der Waals surface area contributed by atoms with E-state index in [-0.39, 0.29) is 6.42 Å². The van der Waals surface area contributed by atoms with Gasteiger partial charge in [-0.2, -0.15) is 26.0 Å². The monoisotopic (exact) mass is 422 g/mol. The van der Waals surface area contributed by atoms with Crippen LogP contribution in [-0.4, -0.2) is 60.2 Å². The van der Waals surface area contributed by atoms with Crippen molar-refractivity contribution in [3.63, 3.8) is 0 Å². The minimum atomic E-state index is -6.39. The Bertz CT molecular complexity index is 755. The minimum absolute atomic E-state index is 0.281. The maximum atomic E-state index is 13.4. The van der Waals surface area contributed by atoms with Gasteiger partial charge in [0, 0.05) is 11.8 Å². The zero-order valence-electron chi connectivity index (χ0n) is 13.3. The van der Waals surface area contributed by atoms with Crippen LogP contribution in [0, 0.1) is 23.7 Å². The van der Waals surface area contributed by atoms with Gasteiger partial charge in [0.05, 0.1) is 24.9 Å². The number of ether oxygens (including phenoxy) is 2. The molecule has 3 aliphatic rings. The van der Waals surface area contributed by atoms with Gasteiger partial charge in [-0.1, -0.05) is 0 Å². The first-order valence-corrected chi connectivity index (χ1v) is 9.17. The normalized spacial score (nSPS) is 35.4. The van der Waals surface area contributed by atoms with Crippen LogP contribution in [0.4, 0.5) is 17.6 Å². The smallest absolute Gasteiger partial charge is 0.431 e. The van der Waals surface area contributed by atoms with Gasteiger partial charge < -0.3 is 9.47 Å². The van der Waals surface area contributed by atoms with Crippen LogP contribution in [0.3, 0.4) is 0 Å². The van der Waals surface area contributed by atoms with Crippen LogP contribution < -0.4 is 0 Å². The molecular formula is C13H14F4O9S. The lowest BCUT2D eigenvalue weighted by Gasteiger charge is -2.28. The fraction of sp³-hybridized carbons (Fsp3) is 0.846. The minimum Gasteiger partial charge on any atom is -0.465 e. The van der Waals surface area contributed by atoms with Crippen molar-refractivity contribution in [3.05, 3.63) is 0 Å². The Morgan fingerprint density at radius 2 is 1.89 bits per heavy atom. The molecule has 3 fully saturated rings. The topological polar surface area (TPSA) is 136 Å². The Kier molecular flexibility index (Phi) is 4.68. The average molecular weight is 422 g/mol.